The lowest BCUT2D eigenvalue weighted by Gasteiger charge is -2.11. The molecule has 0 saturated heterocycles. The molecule has 2 aromatic carbocycles. The standard InChI is InChI=1S/C28H27FN4O4S2/c1-5-12-33-23(14-37-20-10-8-19(29)9-11-20)31-32-28(33)39-16-24(34)30-26-25(27(35)36-4)22(15-38-26)21-13-17(2)6-7-18(21)3/h5-11,13,15H,1,12,14,16H2,2-4H3,(H,30,34). The summed E-state index contributed by atoms with van der Waals surface area (Å²) in [6.45, 7) is 8.26. The number of aromatic nitrogens is 3. The van der Waals surface area contributed by atoms with Gasteiger partial charge in [-0.15, -0.1) is 28.1 Å². The number of hydrogen-bond donors (Lipinski definition) is 1. The lowest BCUT2D eigenvalue weighted by molar-refractivity contribution is -0.113. The van der Waals surface area contributed by atoms with Crippen LogP contribution in [0.1, 0.15) is 27.3 Å². The van der Waals surface area contributed by atoms with Crippen molar-refractivity contribution in [2.24, 2.45) is 0 Å². The van der Waals surface area contributed by atoms with Crippen LogP contribution in [0.4, 0.5) is 9.39 Å². The van der Waals surface area contributed by atoms with Crippen molar-refractivity contribution in [2.75, 3.05) is 18.2 Å². The number of nitrogens with one attached hydrogen (secondary N) is 1. The highest BCUT2D eigenvalue weighted by atomic mass is 32.2. The summed E-state index contributed by atoms with van der Waals surface area (Å²) in [6.07, 6.45) is 1.69. The number of esters is 1. The maximum atomic E-state index is 13.1. The number of thioether (sulfide) groups is 1. The first-order valence-corrected chi connectivity index (χ1v) is 13.8. The number of rotatable bonds is 11. The molecule has 4 rings (SSSR count). The van der Waals surface area contributed by atoms with Crippen molar-refractivity contribution in [3.63, 3.8) is 0 Å². The molecule has 0 aliphatic heterocycles. The Balaban J connectivity index is 1.47. The molecule has 0 spiro atoms. The van der Waals surface area contributed by atoms with Crippen molar-refractivity contribution in [3.05, 3.63) is 88.8 Å². The Bertz CT molecular complexity index is 1500. The summed E-state index contributed by atoms with van der Waals surface area (Å²) < 4.78 is 25.7. The SMILES string of the molecule is C=CCn1c(COc2ccc(F)cc2)nnc1SCC(=O)Nc1scc(-c2cc(C)ccc2C)c1C(=O)OC. The van der Waals surface area contributed by atoms with Gasteiger partial charge in [-0.1, -0.05) is 41.6 Å². The highest BCUT2D eigenvalue weighted by molar-refractivity contribution is 7.99. The van der Waals surface area contributed by atoms with Crippen LogP contribution in [0.2, 0.25) is 0 Å². The Morgan fingerprint density at radius 3 is 2.64 bits per heavy atom. The first kappa shape index (κ1) is 28.1. The lowest BCUT2D eigenvalue weighted by atomic mass is 9.97. The van der Waals surface area contributed by atoms with E-state index in [-0.39, 0.29) is 24.1 Å². The zero-order valence-electron chi connectivity index (χ0n) is 21.7. The highest BCUT2D eigenvalue weighted by Gasteiger charge is 2.24. The van der Waals surface area contributed by atoms with E-state index in [1.807, 2.05) is 37.4 Å². The third-order valence-corrected chi connectivity index (χ3v) is 7.60. The number of allylic oxidation sites excluding steroid dienone is 1. The molecule has 202 valence electrons. The first-order chi connectivity index (χ1) is 18.8. The van der Waals surface area contributed by atoms with Gasteiger partial charge in [-0.3, -0.25) is 9.36 Å². The number of anilines is 1. The van der Waals surface area contributed by atoms with E-state index < -0.39 is 5.97 Å². The number of amides is 1. The number of carbonyl (C=O) groups excluding carboxylic acids is 2. The fraction of sp³-hybridized carbons (Fsp3) is 0.214. The summed E-state index contributed by atoms with van der Waals surface area (Å²) in [5.74, 6) is -0.117. The fourth-order valence-corrected chi connectivity index (χ4v) is 5.53. The second-order valence-electron chi connectivity index (χ2n) is 8.54. The molecule has 0 fully saturated rings. The average molecular weight is 567 g/mol. The van der Waals surface area contributed by atoms with Crippen LogP contribution in [0.15, 0.2) is 65.7 Å². The van der Waals surface area contributed by atoms with E-state index in [4.69, 9.17) is 9.47 Å². The van der Waals surface area contributed by atoms with Crippen molar-refractivity contribution >= 4 is 40.0 Å². The third-order valence-electron chi connectivity index (χ3n) is 5.74. The van der Waals surface area contributed by atoms with E-state index >= 15 is 0 Å². The molecule has 1 N–H and O–H groups in total. The average Bonchev–Trinajstić information content (AvgIpc) is 3.52. The minimum atomic E-state index is -0.522. The molecule has 0 unspecified atom stereocenters. The van der Waals surface area contributed by atoms with E-state index in [0.29, 0.717) is 39.4 Å². The molecule has 0 aliphatic rings. The topological polar surface area (TPSA) is 95.3 Å². The van der Waals surface area contributed by atoms with E-state index in [1.165, 1.54) is 54.5 Å². The number of nitrogens with zero attached hydrogens (tertiary/aromatic N) is 3. The van der Waals surface area contributed by atoms with Crippen LogP contribution in [-0.4, -0.2) is 39.5 Å². The molecule has 0 radical (unpaired) electrons. The summed E-state index contributed by atoms with van der Waals surface area (Å²) in [4.78, 5) is 25.6. The molecular weight excluding hydrogens is 539 g/mol. The monoisotopic (exact) mass is 566 g/mol. The summed E-state index contributed by atoms with van der Waals surface area (Å²) in [6, 6.07) is 11.7. The molecule has 39 heavy (non-hydrogen) atoms. The highest BCUT2D eigenvalue weighted by Crippen LogP contribution is 2.38. The predicted octanol–water partition coefficient (Wildman–Crippen LogP) is 6.04. The number of carbonyl (C=O) groups is 2. The van der Waals surface area contributed by atoms with E-state index in [9.17, 15) is 14.0 Å². The molecule has 8 nitrogen and oxygen atoms in total. The number of methoxy groups -OCH3 is 1. The first-order valence-electron chi connectivity index (χ1n) is 11.9. The molecule has 0 bridgehead atoms. The molecule has 1 amide bonds. The number of aryl methyl sites for hydroxylation is 2. The number of halogens is 1. The van der Waals surface area contributed by atoms with Crippen molar-refractivity contribution in [1.29, 1.82) is 0 Å². The molecule has 0 atom stereocenters. The van der Waals surface area contributed by atoms with Crippen LogP contribution in [-0.2, 0) is 22.7 Å². The van der Waals surface area contributed by atoms with Crippen molar-refractivity contribution in [2.45, 2.75) is 32.2 Å². The maximum absolute atomic E-state index is 13.1. The fourth-order valence-electron chi connectivity index (χ4n) is 3.80. The van der Waals surface area contributed by atoms with Crippen LogP contribution in [0.25, 0.3) is 11.1 Å². The van der Waals surface area contributed by atoms with Crippen LogP contribution in [0, 0.1) is 19.7 Å². The van der Waals surface area contributed by atoms with Crippen LogP contribution in [0.3, 0.4) is 0 Å². The van der Waals surface area contributed by atoms with Gasteiger partial charge in [-0.05, 0) is 49.2 Å². The summed E-state index contributed by atoms with van der Waals surface area (Å²) in [7, 11) is 1.32. The van der Waals surface area contributed by atoms with Crippen LogP contribution >= 0.6 is 23.1 Å². The van der Waals surface area contributed by atoms with Gasteiger partial charge in [0.15, 0.2) is 11.0 Å². The smallest absolute Gasteiger partial charge is 0.341 e. The van der Waals surface area contributed by atoms with E-state index in [2.05, 4.69) is 22.1 Å². The minimum Gasteiger partial charge on any atom is -0.486 e. The van der Waals surface area contributed by atoms with Gasteiger partial charge in [-0.25, -0.2) is 9.18 Å². The number of ether oxygens (including phenoxy) is 2. The van der Waals surface area contributed by atoms with Crippen molar-refractivity contribution in [3.8, 4) is 16.9 Å². The van der Waals surface area contributed by atoms with Crippen LogP contribution < -0.4 is 10.1 Å². The largest absolute Gasteiger partial charge is 0.486 e. The third kappa shape index (κ3) is 6.73. The van der Waals surface area contributed by atoms with Crippen molar-refractivity contribution in [1.82, 2.24) is 14.8 Å². The van der Waals surface area contributed by atoms with Crippen molar-refractivity contribution < 1.29 is 23.5 Å². The van der Waals surface area contributed by atoms with Gasteiger partial charge in [0, 0.05) is 17.5 Å². The summed E-state index contributed by atoms with van der Waals surface area (Å²) in [5.41, 5.74) is 4.02. The van der Waals surface area contributed by atoms with Gasteiger partial charge < -0.3 is 14.8 Å². The Morgan fingerprint density at radius 1 is 1.15 bits per heavy atom. The lowest BCUT2D eigenvalue weighted by Crippen LogP contribution is -2.16. The Labute approximate surface area is 233 Å². The van der Waals surface area contributed by atoms with Gasteiger partial charge in [0.2, 0.25) is 5.91 Å². The van der Waals surface area contributed by atoms with E-state index in [0.717, 1.165) is 16.7 Å². The second-order valence-corrected chi connectivity index (χ2v) is 10.4. The summed E-state index contributed by atoms with van der Waals surface area (Å²) in [5, 5.41) is 14.0. The van der Waals surface area contributed by atoms with Gasteiger partial charge in [-0.2, -0.15) is 0 Å². The Kier molecular flexibility index (Phi) is 9.15. The van der Waals surface area contributed by atoms with Gasteiger partial charge in [0.25, 0.3) is 0 Å². The van der Waals surface area contributed by atoms with E-state index in [1.54, 1.807) is 10.6 Å². The molecule has 11 heteroatoms. The molecular formula is C28H27FN4O4S2. The molecule has 2 heterocycles. The van der Waals surface area contributed by atoms with Gasteiger partial charge in [0.1, 0.15) is 28.7 Å². The molecule has 4 aromatic rings. The minimum absolute atomic E-state index is 0.0331. The number of hydrogen-bond acceptors (Lipinski definition) is 8. The zero-order valence-corrected chi connectivity index (χ0v) is 23.3. The van der Waals surface area contributed by atoms with Gasteiger partial charge in [0.05, 0.1) is 12.9 Å². The molecule has 2 aromatic heterocycles. The second kappa shape index (κ2) is 12.7. The predicted molar refractivity (Wildman–Crippen MR) is 151 cm³/mol. The maximum Gasteiger partial charge on any atom is 0.341 e. The number of benzene rings is 2. The van der Waals surface area contributed by atoms with Crippen LogP contribution in [0.5, 0.6) is 5.75 Å². The molecule has 0 aliphatic carbocycles. The van der Waals surface area contributed by atoms with Gasteiger partial charge >= 0.3 is 5.97 Å². The molecule has 0 saturated carbocycles. The Morgan fingerprint density at radius 2 is 1.92 bits per heavy atom. The Hall–Kier alpha value is -3.96. The summed E-state index contributed by atoms with van der Waals surface area (Å²) >= 11 is 2.47. The number of thiophene rings is 1. The zero-order chi connectivity index (χ0) is 27.9. The normalized spacial score (nSPS) is 10.8. The quantitative estimate of drug-likeness (QED) is 0.134.